The molecule has 2 nitrogen and oxygen atoms in total. The van der Waals surface area contributed by atoms with E-state index in [1.807, 2.05) is 24.3 Å². The van der Waals surface area contributed by atoms with E-state index in [2.05, 4.69) is 140 Å². The number of hydrogen-bond donors (Lipinski definition) is 1. The first-order chi connectivity index (χ1) is 28.5. The van der Waals surface area contributed by atoms with Gasteiger partial charge in [0.15, 0.2) is 11.0 Å². The van der Waals surface area contributed by atoms with Gasteiger partial charge in [0.1, 0.15) is 5.69 Å². The van der Waals surface area contributed by atoms with Crippen molar-refractivity contribution in [3.8, 4) is 39.3 Å². The Hall–Kier alpha value is -6.03. The molecule has 0 amide bonds. The van der Waals surface area contributed by atoms with Gasteiger partial charge in [-0.2, -0.15) is 4.57 Å². The number of aromatic amines is 1. The molecule has 2 aromatic heterocycles. The van der Waals surface area contributed by atoms with Crippen molar-refractivity contribution in [3.63, 3.8) is 0 Å². The predicted molar refractivity (Wildman–Crippen MR) is 232 cm³/mol. The van der Waals surface area contributed by atoms with Crippen LogP contribution in [0.2, 0.25) is 0 Å². The number of H-pyrrole nitrogens is 1. The van der Waals surface area contributed by atoms with Crippen molar-refractivity contribution in [3.05, 3.63) is 169 Å². The van der Waals surface area contributed by atoms with Crippen molar-refractivity contribution in [1.29, 1.82) is 0 Å². The molecule has 0 saturated heterocycles. The minimum atomic E-state index is -0.391. The molecule has 1 N–H and O–H groups in total. The number of para-hydroxylation sites is 2. The Morgan fingerprint density at radius 2 is 1.24 bits per heavy atom. The van der Waals surface area contributed by atoms with Crippen LogP contribution in [0.5, 0.6) is 0 Å². The summed E-state index contributed by atoms with van der Waals surface area (Å²) in [5, 5.41) is 6.14. The number of rotatable bonds is 6. The second-order valence-corrected chi connectivity index (χ2v) is 15.9. The molecule has 0 spiro atoms. The highest BCUT2D eigenvalue weighted by Crippen LogP contribution is 2.44. The van der Waals surface area contributed by atoms with E-state index in [1.54, 1.807) is 11.3 Å². The smallest absolute Gasteiger partial charge is 0.236 e. The monoisotopic (exact) mass is 718 g/mol. The molecule has 10 aromatic rings. The SMILES string of the molecule is [2H]c1c([2H])c([2H])c(-c2cc3cc4sc5c(-c6[nH]c7ccccc7[n+]6-c6c(C(C)C)cc(-c7ccccc7)cc6C(C)C)cccc5c4cc3c3ccccc23)c([2H])c1[2H]. The van der Waals surface area contributed by atoms with Gasteiger partial charge in [0, 0.05) is 26.6 Å². The van der Waals surface area contributed by atoms with Gasteiger partial charge >= 0.3 is 0 Å². The maximum atomic E-state index is 8.83. The molecule has 0 aliphatic heterocycles. The van der Waals surface area contributed by atoms with E-state index in [0.717, 1.165) is 54.1 Å². The van der Waals surface area contributed by atoms with Crippen LogP contribution in [0.15, 0.2) is 158 Å². The van der Waals surface area contributed by atoms with E-state index in [1.165, 1.54) is 38.0 Å². The van der Waals surface area contributed by atoms with Crippen LogP contribution in [-0.2, 0) is 0 Å². The molecule has 0 radical (unpaired) electrons. The van der Waals surface area contributed by atoms with Crippen LogP contribution in [0.3, 0.4) is 0 Å². The fraction of sp³-hybridized carbons (Fsp3) is 0.118. The fourth-order valence-corrected chi connectivity index (χ4v) is 9.54. The summed E-state index contributed by atoms with van der Waals surface area (Å²) in [7, 11) is 0. The van der Waals surface area contributed by atoms with Gasteiger partial charge in [0.2, 0.25) is 0 Å². The van der Waals surface area contributed by atoms with Crippen molar-refractivity contribution in [2.75, 3.05) is 0 Å². The summed E-state index contributed by atoms with van der Waals surface area (Å²) < 4.78 is 47.5. The van der Waals surface area contributed by atoms with E-state index in [-0.39, 0.29) is 41.6 Å². The average molecular weight is 719 g/mol. The fourth-order valence-electron chi connectivity index (χ4n) is 8.29. The number of nitrogens with zero attached hydrogens (tertiary/aromatic N) is 1. The first kappa shape index (κ1) is 27.6. The highest BCUT2D eigenvalue weighted by atomic mass is 32.1. The van der Waals surface area contributed by atoms with Crippen LogP contribution in [0.1, 0.15) is 57.5 Å². The summed E-state index contributed by atoms with van der Waals surface area (Å²) in [5.74, 6) is 1.54. The number of fused-ring (bicyclic) bond motifs is 7. The molecule has 260 valence electrons. The molecular weight excluding hydrogens is 673 g/mol. The lowest BCUT2D eigenvalue weighted by atomic mass is 9.88. The van der Waals surface area contributed by atoms with E-state index < -0.39 is 6.04 Å². The number of aromatic nitrogens is 2. The predicted octanol–water partition coefficient (Wildman–Crippen LogP) is 14.4. The molecule has 0 aliphatic rings. The molecule has 8 aromatic carbocycles. The molecule has 54 heavy (non-hydrogen) atoms. The van der Waals surface area contributed by atoms with Crippen molar-refractivity contribution in [1.82, 2.24) is 4.98 Å². The molecule has 3 heteroatoms. The first-order valence-corrected chi connectivity index (χ1v) is 19.5. The summed E-state index contributed by atoms with van der Waals surface area (Å²) in [6.45, 7) is 9.16. The van der Waals surface area contributed by atoms with Crippen molar-refractivity contribution >= 4 is 64.1 Å². The number of hydrogen-bond acceptors (Lipinski definition) is 1. The standard InChI is InChI=1S/C51H40N2S/c1-31(2)41-26-35(33-16-7-5-8-17-33)27-42(32(3)4)49(41)53-47-25-14-13-24-46(47)52-51(53)40-23-15-22-39-45-30-44-36(29-48(45)54-50(39)40)28-43(34-18-9-6-10-19-34)37-20-11-12-21-38(37)44/h5-32H,1-4H3/p+1/i6D,9D,10D,18D,19D. The van der Waals surface area contributed by atoms with Crippen LogP contribution in [-0.4, -0.2) is 4.98 Å². The summed E-state index contributed by atoms with van der Waals surface area (Å²) in [6, 6.07) is 43.6. The Morgan fingerprint density at radius 1 is 0.556 bits per heavy atom. The van der Waals surface area contributed by atoms with Gasteiger partial charge < -0.3 is 0 Å². The number of thiophene rings is 1. The highest BCUT2D eigenvalue weighted by molar-refractivity contribution is 7.26. The lowest BCUT2D eigenvalue weighted by Crippen LogP contribution is -2.35. The van der Waals surface area contributed by atoms with Gasteiger partial charge in [-0.3, -0.25) is 0 Å². The molecule has 0 fully saturated rings. The Kier molecular flexibility index (Phi) is 6.55. The van der Waals surface area contributed by atoms with Crippen LogP contribution in [0.4, 0.5) is 0 Å². The Labute approximate surface area is 327 Å². The number of imidazole rings is 1. The topological polar surface area (TPSA) is 19.7 Å². The lowest BCUT2D eigenvalue weighted by molar-refractivity contribution is -0.556. The van der Waals surface area contributed by atoms with Gasteiger partial charge in [0.25, 0.3) is 5.82 Å². The summed E-state index contributed by atoms with van der Waals surface area (Å²) in [6.07, 6.45) is 0. The maximum absolute atomic E-state index is 8.83. The van der Waals surface area contributed by atoms with Crippen LogP contribution in [0, 0.1) is 0 Å². The minimum absolute atomic E-state index is 0.198. The summed E-state index contributed by atoms with van der Waals surface area (Å²) in [4.78, 5) is 3.89. The van der Waals surface area contributed by atoms with Gasteiger partial charge in [-0.05, 0) is 104 Å². The maximum Gasteiger partial charge on any atom is 0.294 e. The Morgan fingerprint density at radius 3 is 2.00 bits per heavy atom. The van der Waals surface area contributed by atoms with Gasteiger partial charge in [0.05, 0.1) is 17.1 Å². The van der Waals surface area contributed by atoms with Gasteiger partial charge in [-0.15, -0.1) is 11.3 Å². The normalized spacial score (nSPS) is 13.3. The summed E-state index contributed by atoms with van der Waals surface area (Å²) in [5.41, 5.74) is 10.4. The molecule has 10 rings (SSSR count). The van der Waals surface area contributed by atoms with E-state index in [4.69, 9.17) is 6.85 Å². The quantitative estimate of drug-likeness (QED) is 0.130. The average Bonchev–Trinajstić information content (AvgIpc) is 3.82. The number of benzene rings is 8. The molecule has 0 bridgehead atoms. The first-order valence-electron chi connectivity index (χ1n) is 21.2. The zero-order valence-corrected chi connectivity index (χ0v) is 31.5. The van der Waals surface area contributed by atoms with Crippen molar-refractivity contribution < 1.29 is 11.4 Å². The second kappa shape index (κ2) is 12.8. The Bertz CT molecular complexity index is 3290. The van der Waals surface area contributed by atoms with Crippen molar-refractivity contribution in [2.24, 2.45) is 0 Å². The third-order valence-corrected chi connectivity index (χ3v) is 12.1. The van der Waals surface area contributed by atoms with Crippen LogP contribution >= 0.6 is 11.3 Å². The number of nitrogens with one attached hydrogen (secondary N) is 1. The summed E-state index contributed by atoms with van der Waals surface area (Å²) >= 11 is 1.76. The molecule has 2 heterocycles. The van der Waals surface area contributed by atoms with Crippen LogP contribution < -0.4 is 4.57 Å². The zero-order chi connectivity index (χ0) is 40.9. The van der Waals surface area contributed by atoms with Gasteiger partial charge in [-0.1, -0.05) is 137 Å². The third-order valence-electron chi connectivity index (χ3n) is 10.9. The zero-order valence-electron chi connectivity index (χ0n) is 35.6. The van der Waals surface area contributed by atoms with E-state index in [0.29, 0.717) is 5.56 Å². The molecule has 0 unspecified atom stereocenters. The van der Waals surface area contributed by atoms with E-state index >= 15 is 0 Å². The molecule has 0 aliphatic carbocycles. The molecular formula is C51H41N2S+. The largest absolute Gasteiger partial charge is 0.294 e. The lowest BCUT2D eigenvalue weighted by Gasteiger charge is -2.20. The van der Waals surface area contributed by atoms with Crippen molar-refractivity contribution in [2.45, 2.75) is 39.5 Å². The van der Waals surface area contributed by atoms with Gasteiger partial charge in [-0.25, -0.2) is 4.98 Å². The molecule has 0 atom stereocenters. The highest BCUT2D eigenvalue weighted by Gasteiger charge is 2.30. The third kappa shape index (κ3) is 5.18. The minimum Gasteiger partial charge on any atom is -0.236 e. The molecule has 0 saturated carbocycles. The van der Waals surface area contributed by atoms with Crippen LogP contribution in [0.25, 0.3) is 92.1 Å². The Balaban J connectivity index is 1.25. The second-order valence-electron chi connectivity index (χ2n) is 14.8. The van der Waals surface area contributed by atoms with E-state index in [9.17, 15) is 0 Å².